The lowest BCUT2D eigenvalue weighted by Crippen LogP contribution is -2.21. The molecule has 1 nitrogen and oxygen atoms in total. The Hall–Kier alpha value is -2.58. The second-order valence-corrected chi connectivity index (χ2v) is 7.98. The first-order valence-electron chi connectivity index (χ1n) is 7.87. The van der Waals surface area contributed by atoms with Gasteiger partial charge < -0.3 is 0 Å². The Bertz CT molecular complexity index is 865. The molecule has 0 unspecified atom stereocenters. The van der Waals surface area contributed by atoms with Crippen LogP contribution in [0.3, 0.4) is 0 Å². The van der Waals surface area contributed by atoms with E-state index in [9.17, 15) is 0 Å². The highest BCUT2D eigenvalue weighted by Crippen LogP contribution is 2.32. The highest BCUT2D eigenvalue weighted by Gasteiger charge is 2.20. The van der Waals surface area contributed by atoms with Gasteiger partial charge in [0.15, 0.2) is 0 Å². The lowest BCUT2D eigenvalue weighted by molar-refractivity contribution is 1.35. The van der Waals surface area contributed by atoms with Crippen molar-refractivity contribution in [1.29, 1.82) is 0 Å². The van der Waals surface area contributed by atoms with Gasteiger partial charge in [-0.3, -0.25) is 4.98 Å². The largest absolute Gasteiger partial charge is 0.265 e. The zero-order chi connectivity index (χ0) is 15.5. The Morgan fingerprint density at radius 1 is 0.739 bits per heavy atom. The molecule has 23 heavy (non-hydrogen) atoms. The number of hydrogen-bond donors (Lipinski definition) is 0. The standard InChI is InChI=1S/C21H17NSi/c1-3-8-17(9-4-1)20-15-23(19-12-7-13-22-14-19)16-21(20)18-10-5-2-6-11-18/h1-15H,16H2. The first-order valence-corrected chi connectivity index (χ1v) is 9.65. The summed E-state index contributed by atoms with van der Waals surface area (Å²) in [7, 11) is -0.742. The van der Waals surface area contributed by atoms with Crippen LogP contribution >= 0.6 is 0 Å². The topological polar surface area (TPSA) is 12.9 Å². The van der Waals surface area contributed by atoms with Crippen molar-refractivity contribution in [3.05, 3.63) is 96.3 Å². The molecule has 3 aromatic rings. The van der Waals surface area contributed by atoms with E-state index in [-0.39, 0.29) is 0 Å². The third-order valence-corrected chi connectivity index (χ3v) is 6.66. The van der Waals surface area contributed by atoms with E-state index in [2.05, 4.69) is 77.4 Å². The third-order valence-electron chi connectivity index (χ3n) is 4.25. The predicted molar refractivity (Wildman–Crippen MR) is 100 cm³/mol. The summed E-state index contributed by atoms with van der Waals surface area (Å²) in [6.07, 6.45) is 3.88. The first kappa shape index (κ1) is 14.0. The molecule has 0 N–H and O–H groups in total. The zero-order valence-electron chi connectivity index (χ0n) is 12.8. The molecule has 0 saturated heterocycles. The molecule has 1 aliphatic rings. The van der Waals surface area contributed by atoms with Gasteiger partial charge in [0.2, 0.25) is 0 Å². The fraction of sp³-hybridized carbons (Fsp3) is 0.0476. The van der Waals surface area contributed by atoms with Crippen molar-refractivity contribution in [3.8, 4) is 0 Å². The van der Waals surface area contributed by atoms with Crippen molar-refractivity contribution >= 4 is 30.4 Å². The van der Waals surface area contributed by atoms with E-state index >= 15 is 0 Å². The minimum absolute atomic E-state index is 0.742. The minimum Gasteiger partial charge on any atom is -0.265 e. The highest BCUT2D eigenvalue weighted by molar-refractivity contribution is 6.86. The number of benzene rings is 2. The van der Waals surface area contributed by atoms with Crippen LogP contribution in [0.5, 0.6) is 0 Å². The first-order chi connectivity index (χ1) is 11.4. The zero-order valence-corrected chi connectivity index (χ0v) is 13.8. The van der Waals surface area contributed by atoms with Crippen LogP contribution in [0.25, 0.3) is 11.1 Å². The van der Waals surface area contributed by atoms with Crippen molar-refractivity contribution in [2.45, 2.75) is 6.04 Å². The van der Waals surface area contributed by atoms with Gasteiger partial charge >= 0.3 is 0 Å². The average molecular weight is 311 g/mol. The minimum atomic E-state index is -0.742. The number of allylic oxidation sites excluding steroid dienone is 2. The van der Waals surface area contributed by atoms with Crippen LogP contribution in [-0.2, 0) is 0 Å². The molecule has 1 aromatic heterocycles. The van der Waals surface area contributed by atoms with E-state index in [1.165, 1.54) is 27.5 Å². The molecule has 0 bridgehead atoms. The monoisotopic (exact) mass is 311 g/mol. The molecule has 0 spiro atoms. The second-order valence-electron chi connectivity index (χ2n) is 5.71. The maximum Gasteiger partial charge on any atom is 0.0530 e. The number of rotatable bonds is 3. The van der Waals surface area contributed by atoms with Crippen LogP contribution in [0, 0.1) is 0 Å². The van der Waals surface area contributed by atoms with Crippen LogP contribution < -0.4 is 5.19 Å². The van der Waals surface area contributed by atoms with Crippen molar-refractivity contribution in [2.75, 3.05) is 0 Å². The summed E-state index contributed by atoms with van der Waals surface area (Å²) in [4.78, 5) is 4.31. The van der Waals surface area contributed by atoms with E-state index in [1.807, 2.05) is 18.5 Å². The third kappa shape index (κ3) is 2.86. The second kappa shape index (κ2) is 6.27. The molecule has 0 atom stereocenters. The molecule has 0 aliphatic carbocycles. The van der Waals surface area contributed by atoms with Gasteiger partial charge in [0.05, 0.1) is 8.41 Å². The smallest absolute Gasteiger partial charge is 0.0530 e. The number of aromatic nitrogens is 1. The molecule has 4 rings (SSSR count). The highest BCUT2D eigenvalue weighted by atomic mass is 28.2. The molecular formula is C21H17NSi. The Morgan fingerprint density at radius 2 is 1.43 bits per heavy atom. The van der Waals surface area contributed by atoms with Crippen LogP contribution in [0.1, 0.15) is 11.1 Å². The normalized spacial score (nSPS) is 14.0. The molecule has 0 saturated carbocycles. The predicted octanol–water partition coefficient (Wildman–Crippen LogP) is 3.79. The quantitative estimate of drug-likeness (QED) is 0.671. The van der Waals surface area contributed by atoms with E-state index in [0.29, 0.717) is 0 Å². The van der Waals surface area contributed by atoms with E-state index < -0.39 is 8.41 Å². The summed E-state index contributed by atoms with van der Waals surface area (Å²) in [6, 6.07) is 26.9. The van der Waals surface area contributed by atoms with Gasteiger partial charge in [-0.25, -0.2) is 0 Å². The van der Waals surface area contributed by atoms with Crippen molar-refractivity contribution in [1.82, 2.24) is 4.98 Å². The molecule has 2 aromatic carbocycles. The fourth-order valence-corrected chi connectivity index (χ4v) is 5.60. The van der Waals surface area contributed by atoms with Crippen LogP contribution in [0.15, 0.2) is 85.2 Å². The molecule has 110 valence electrons. The summed E-state index contributed by atoms with van der Waals surface area (Å²) in [5.41, 5.74) is 8.02. The van der Waals surface area contributed by atoms with Gasteiger partial charge in [0.25, 0.3) is 0 Å². The maximum atomic E-state index is 4.31. The summed E-state index contributed by atoms with van der Waals surface area (Å²) < 4.78 is 0. The summed E-state index contributed by atoms with van der Waals surface area (Å²) in [5.74, 6) is 0. The Kier molecular flexibility index (Phi) is 3.83. The van der Waals surface area contributed by atoms with E-state index in [4.69, 9.17) is 0 Å². The Labute approximate surface area is 138 Å². The Balaban J connectivity index is 1.82. The average Bonchev–Trinajstić information content (AvgIpc) is 3.09. The van der Waals surface area contributed by atoms with Gasteiger partial charge in [-0.2, -0.15) is 0 Å². The molecule has 2 heterocycles. The van der Waals surface area contributed by atoms with Crippen molar-refractivity contribution in [2.24, 2.45) is 0 Å². The molecule has 0 radical (unpaired) electrons. The molecule has 0 amide bonds. The van der Waals surface area contributed by atoms with Gasteiger partial charge in [0.1, 0.15) is 0 Å². The van der Waals surface area contributed by atoms with Crippen LogP contribution in [0.4, 0.5) is 0 Å². The molecule has 0 fully saturated rings. The Morgan fingerprint density at radius 3 is 2.09 bits per heavy atom. The van der Waals surface area contributed by atoms with Crippen molar-refractivity contribution in [3.63, 3.8) is 0 Å². The molecule has 2 heteroatoms. The van der Waals surface area contributed by atoms with E-state index in [1.54, 1.807) is 0 Å². The van der Waals surface area contributed by atoms with Gasteiger partial charge in [-0.15, -0.1) is 0 Å². The summed E-state index contributed by atoms with van der Waals surface area (Å²) in [5, 5.41) is 1.39. The number of hydrogen-bond acceptors (Lipinski definition) is 1. The van der Waals surface area contributed by atoms with Gasteiger partial charge in [-0.05, 0) is 39.6 Å². The SMILES string of the molecule is C1=[Si](c2cccnc2)CC(c2ccccc2)=C1c1ccccc1. The number of nitrogens with zero attached hydrogens (tertiary/aromatic N) is 1. The lowest BCUT2D eigenvalue weighted by Gasteiger charge is -2.08. The van der Waals surface area contributed by atoms with E-state index in [0.717, 1.165) is 6.04 Å². The maximum absolute atomic E-state index is 4.31. The summed E-state index contributed by atoms with van der Waals surface area (Å²) in [6.45, 7) is 0. The van der Waals surface area contributed by atoms with Crippen LogP contribution in [-0.4, -0.2) is 19.1 Å². The van der Waals surface area contributed by atoms with Crippen molar-refractivity contribution < 1.29 is 0 Å². The molecular weight excluding hydrogens is 294 g/mol. The molecule has 1 aliphatic heterocycles. The lowest BCUT2D eigenvalue weighted by atomic mass is 9.97. The van der Waals surface area contributed by atoms with Gasteiger partial charge in [0, 0.05) is 12.4 Å². The van der Waals surface area contributed by atoms with Crippen LogP contribution in [0.2, 0.25) is 6.04 Å². The van der Waals surface area contributed by atoms with Gasteiger partial charge in [-0.1, -0.05) is 72.4 Å². The fourth-order valence-electron chi connectivity index (χ4n) is 3.11. The summed E-state index contributed by atoms with van der Waals surface area (Å²) >= 11 is 0. The number of pyridine rings is 1.